The summed E-state index contributed by atoms with van der Waals surface area (Å²) in [6.07, 6.45) is 3.19. The number of carbonyl (C=O) groups excluding carboxylic acids is 1. The Morgan fingerprint density at radius 1 is 1.44 bits per heavy atom. The lowest BCUT2D eigenvalue weighted by molar-refractivity contribution is 0.0950. The van der Waals surface area contributed by atoms with Crippen molar-refractivity contribution in [2.45, 2.75) is 26.2 Å². The van der Waals surface area contributed by atoms with E-state index in [1.165, 1.54) is 6.07 Å². The van der Waals surface area contributed by atoms with E-state index in [4.69, 9.17) is 0 Å². The van der Waals surface area contributed by atoms with Crippen molar-refractivity contribution in [3.05, 3.63) is 28.2 Å². The lowest BCUT2D eigenvalue weighted by Crippen LogP contribution is -2.24. The molecule has 0 aromatic heterocycles. The van der Waals surface area contributed by atoms with E-state index in [1.807, 2.05) is 0 Å². The smallest absolute Gasteiger partial charge is 0.255 e. The minimum atomic E-state index is -0.227. The van der Waals surface area contributed by atoms with Crippen molar-refractivity contribution in [2.24, 2.45) is 0 Å². The maximum absolute atomic E-state index is 11.7. The number of unbranched alkanes of at least 4 members (excludes halogenated alkanes) is 2. The van der Waals surface area contributed by atoms with Gasteiger partial charge in [0.2, 0.25) is 0 Å². The molecule has 0 unspecified atom stereocenters. The topological polar surface area (TPSA) is 49.3 Å². The van der Waals surface area contributed by atoms with Gasteiger partial charge in [0.25, 0.3) is 5.91 Å². The highest BCUT2D eigenvalue weighted by molar-refractivity contribution is 9.10. The second kappa shape index (κ2) is 6.53. The number of hydrogen-bond acceptors (Lipinski definition) is 2. The van der Waals surface area contributed by atoms with Gasteiger partial charge < -0.3 is 10.4 Å². The van der Waals surface area contributed by atoms with Gasteiger partial charge in [0.05, 0.1) is 5.56 Å². The molecular formula is C12H16BrNO2. The largest absolute Gasteiger partial charge is 0.507 e. The minimum Gasteiger partial charge on any atom is -0.507 e. The third kappa shape index (κ3) is 3.85. The van der Waals surface area contributed by atoms with Gasteiger partial charge in [-0.1, -0.05) is 35.7 Å². The number of phenols is 1. The third-order valence-electron chi connectivity index (χ3n) is 2.27. The van der Waals surface area contributed by atoms with Crippen LogP contribution in [0.3, 0.4) is 0 Å². The van der Waals surface area contributed by atoms with Crippen molar-refractivity contribution in [3.63, 3.8) is 0 Å². The Morgan fingerprint density at radius 3 is 2.88 bits per heavy atom. The molecule has 0 aliphatic rings. The van der Waals surface area contributed by atoms with Crippen LogP contribution in [0.4, 0.5) is 0 Å². The summed E-state index contributed by atoms with van der Waals surface area (Å²) in [5.74, 6) is -0.217. The van der Waals surface area contributed by atoms with Crippen LogP contribution in [0.2, 0.25) is 0 Å². The Morgan fingerprint density at radius 2 is 2.19 bits per heavy atom. The number of hydrogen-bond donors (Lipinski definition) is 2. The van der Waals surface area contributed by atoms with E-state index in [2.05, 4.69) is 28.2 Å². The standard InChI is InChI=1S/C12H16BrNO2/c1-2-3-4-7-14-12(16)10-8-9(13)5-6-11(10)15/h5-6,8,15H,2-4,7H2,1H3,(H,14,16). The second-order valence-corrected chi connectivity index (χ2v) is 4.54. The van der Waals surface area contributed by atoms with E-state index in [0.29, 0.717) is 12.1 Å². The summed E-state index contributed by atoms with van der Waals surface area (Å²) in [4.78, 5) is 11.7. The van der Waals surface area contributed by atoms with Crippen molar-refractivity contribution < 1.29 is 9.90 Å². The Hall–Kier alpha value is -1.03. The van der Waals surface area contributed by atoms with Crippen LogP contribution < -0.4 is 5.32 Å². The molecule has 1 rings (SSSR count). The number of carbonyl (C=O) groups is 1. The zero-order valence-corrected chi connectivity index (χ0v) is 10.9. The molecule has 0 aliphatic carbocycles. The molecule has 0 aliphatic heterocycles. The third-order valence-corrected chi connectivity index (χ3v) is 2.76. The van der Waals surface area contributed by atoms with Gasteiger partial charge in [-0.05, 0) is 24.6 Å². The first-order valence-corrected chi connectivity index (χ1v) is 6.21. The van der Waals surface area contributed by atoms with E-state index in [0.717, 1.165) is 23.7 Å². The number of aromatic hydroxyl groups is 1. The van der Waals surface area contributed by atoms with Crippen LogP contribution in [-0.4, -0.2) is 17.6 Å². The highest BCUT2D eigenvalue weighted by Gasteiger charge is 2.10. The molecule has 0 heterocycles. The molecule has 0 saturated carbocycles. The first kappa shape index (κ1) is 13.0. The van der Waals surface area contributed by atoms with Crippen molar-refractivity contribution in [1.29, 1.82) is 0 Å². The molecular weight excluding hydrogens is 270 g/mol. The van der Waals surface area contributed by atoms with Crippen molar-refractivity contribution in [1.82, 2.24) is 5.32 Å². The molecule has 1 aromatic rings. The van der Waals surface area contributed by atoms with Crippen LogP contribution in [0, 0.1) is 0 Å². The number of rotatable bonds is 5. The average Bonchev–Trinajstić information content (AvgIpc) is 2.27. The van der Waals surface area contributed by atoms with E-state index < -0.39 is 0 Å². The highest BCUT2D eigenvalue weighted by atomic mass is 79.9. The van der Waals surface area contributed by atoms with Gasteiger partial charge in [-0.3, -0.25) is 4.79 Å². The van der Waals surface area contributed by atoms with Gasteiger partial charge in [-0.2, -0.15) is 0 Å². The summed E-state index contributed by atoms with van der Waals surface area (Å²) in [5.41, 5.74) is 0.311. The summed E-state index contributed by atoms with van der Waals surface area (Å²) in [6.45, 7) is 2.76. The molecule has 0 spiro atoms. The predicted octanol–water partition coefficient (Wildman–Crippen LogP) is 3.07. The Labute approximate surface area is 104 Å². The molecule has 0 radical (unpaired) electrons. The summed E-state index contributed by atoms with van der Waals surface area (Å²) >= 11 is 3.27. The Balaban J connectivity index is 2.55. The Bertz CT molecular complexity index is 366. The summed E-state index contributed by atoms with van der Waals surface area (Å²) in [7, 11) is 0. The van der Waals surface area contributed by atoms with E-state index >= 15 is 0 Å². The van der Waals surface area contributed by atoms with Gasteiger partial charge in [-0.15, -0.1) is 0 Å². The quantitative estimate of drug-likeness (QED) is 0.817. The fourth-order valence-corrected chi connectivity index (χ4v) is 1.72. The van der Waals surface area contributed by atoms with Gasteiger partial charge in [-0.25, -0.2) is 0 Å². The molecule has 3 nitrogen and oxygen atoms in total. The predicted molar refractivity (Wildman–Crippen MR) is 67.7 cm³/mol. The number of phenolic OH excluding ortho intramolecular Hbond substituents is 1. The SMILES string of the molecule is CCCCCNC(=O)c1cc(Br)ccc1O. The molecule has 1 amide bonds. The van der Waals surface area contributed by atoms with Crippen LogP contribution >= 0.6 is 15.9 Å². The van der Waals surface area contributed by atoms with Crippen LogP contribution in [-0.2, 0) is 0 Å². The number of amides is 1. The monoisotopic (exact) mass is 285 g/mol. The van der Waals surface area contributed by atoms with Crippen molar-refractivity contribution in [3.8, 4) is 5.75 Å². The van der Waals surface area contributed by atoms with E-state index in [-0.39, 0.29) is 11.7 Å². The van der Waals surface area contributed by atoms with Crippen LogP contribution in [0.1, 0.15) is 36.5 Å². The first-order chi connectivity index (χ1) is 7.65. The molecule has 0 fully saturated rings. The van der Waals surface area contributed by atoms with Crippen LogP contribution in [0.15, 0.2) is 22.7 Å². The fourth-order valence-electron chi connectivity index (χ4n) is 1.36. The number of nitrogens with one attached hydrogen (secondary N) is 1. The molecule has 1 aromatic carbocycles. The van der Waals surface area contributed by atoms with Gasteiger partial charge in [0.15, 0.2) is 0 Å². The summed E-state index contributed by atoms with van der Waals surface area (Å²) < 4.78 is 0.781. The first-order valence-electron chi connectivity index (χ1n) is 5.42. The maximum atomic E-state index is 11.7. The normalized spacial score (nSPS) is 10.1. The van der Waals surface area contributed by atoms with Crippen molar-refractivity contribution >= 4 is 21.8 Å². The van der Waals surface area contributed by atoms with Gasteiger partial charge in [0, 0.05) is 11.0 Å². The molecule has 16 heavy (non-hydrogen) atoms. The van der Waals surface area contributed by atoms with Gasteiger partial charge in [0.1, 0.15) is 5.75 Å². The molecule has 2 N–H and O–H groups in total. The van der Waals surface area contributed by atoms with Gasteiger partial charge >= 0.3 is 0 Å². The lowest BCUT2D eigenvalue weighted by atomic mass is 10.2. The van der Waals surface area contributed by atoms with E-state index in [1.54, 1.807) is 12.1 Å². The summed E-state index contributed by atoms with van der Waals surface area (Å²) in [5, 5.41) is 12.3. The fraction of sp³-hybridized carbons (Fsp3) is 0.417. The van der Waals surface area contributed by atoms with Crippen LogP contribution in [0.25, 0.3) is 0 Å². The molecule has 88 valence electrons. The van der Waals surface area contributed by atoms with Crippen molar-refractivity contribution in [2.75, 3.05) is 6.54 Å². The maximum Gasteiger partial charge on any atom is 0.255 e. The van der Waals surface area contributed by atoms with E-state index in [9.17, 15) is 9.90 Å². The second-order valence-electron chi connectivity index (χ2n) is 3.62. The summed E-state index contributed by atoms with van der Waals surface area (Å²) in [6, 6.07) is 4.82. The number of benzene rings is 1. The molecule has 0 atom stereocenters. The molecule has 0 saturated heterocycles. The van der Waals surface area contributed by atoms with Crippen LogP contribution in [0.5, 0.6) is 5.75 Å². The number of halogens is 1. The average molecular weight is 286 g/mol. The lowest BCUT2D eigenvalue weighted by Gasteiger charge is -2.06. The molecule has 4 heteroatoms. The zero-order chi connectivity index (χ0) is 12.0. The Kier molecular flexibility index (Phi) is 5.32. The molecule has 0 bridgehead atoms. The highest BCUT2D eigenvalue weighted by Crippen LogP contribution is 2.21. The minimum absolute atomic E-state index is 0.0104. The zero-order valence-electron chi connectivity index (χ0n) is 9.29.